The zero-order valence-corrected chi connectivity index (χ0v) is 19.4. The summed E-state index contributed by atoms with van der Waals surface area (Å²) < 4.78 is 7.41. The Morgan fingerprint density at radius 3 is 2.64 bits per heavy atom. The number of ether oxygens (including phenoxy) is 1. The predicted octanol–water partition coefficient (Wildman–Crippen LogP) is 5.29. The van der Waals surface area contributed by atoms with Gasteiger partial charge in [0.05, 0.1) is 45.3 Å². The number of aromatic nitrogens is 4. The van der Waals surface area contributed by atoms with Crippen LogP contribution >= 0.6 is 0 Å². The highest BCUT2D eigenvalue weighted by molar-refractivity contribution is 6.13. The van der Waals surface area contributed by atoms with Crippen LogP contribution in [0.4, 0.5) is 11.4 Å². The molecule has 0 unspecified atom stereocenters. The Labute approximate surface area is 205 Å². The predicted molar refractivity (Wildman–Crippen MR) is 134 cm³/mol. The Morgan fingerprint density at radius 1 is 1.08 bits per heavy atom. The molecule has 0 bridgehead atoms. The van der Waals surface area contributed by atoms with E-state index in [-0.39, 0.29) is 17.1 Å². The first-order chi connectivity index (χ1) is 17.4. The molecule has 3 aromatic heterocycles. The van der Waals surface area contributed by atoms with Gasteiger partial charge in [-0.3, -0.25) is 24.6 Å². The van der Waals surface area contributed by atoms with Crippen LogP contribution in [0, 0.1) is 17.0 Å². The van der Waals surface area contributed by atoms with Gasteiger partial charge in [-0.1, -0.05) is 18.2 Å². The Bertz CT molecular complexity index is 1610. The summed E-state index contributed by atoms with van der Waals surface area (Å²) in [6, 6.07) is 16.5. The van der Waals surface area contributed by atoms with E-state index in [1.165, 1.54) is 24.4 Å². The largest absolute Gasteiger partial charge is 0.455 e. The Hall–Kier alpha value is -5.12. The molecule has 0 fully saturated rings. The highest BCUT2D eigenvalue weighted by Gasteiger charge is 2.18. The Kier molecular flexibility index (Phi) is 5.83. The quantitative estimate of drug-likeness (QED) is 0.258. The summed E-state index contributed by atoms with van der Waals surface area (Å²) in [7, 11) is 1.82. The van der Waals surface area contributed by atoms with Crippen LogP contribution in [0.1, 0.15) is 16.1 Å². The van der Waals surface area contributed by atoms with Crippen molar-refractivity contribution in [1.82, 2.24) is 19.7 Å². The summed E-state index contributed by atoms with van der Waals surface area (Å²) >= 11 is 0. The molecule has 5 aromatic rings. The van der Waals surface area contributed by atoms with Crippen molar-refractivity contribution >= 4 is 28.2 Å². The van der Waals surface area contributed by atoms with E-state index in [0.29, 0.717) is 27.9 Å². The lowest BCUT2D eigenvalue weighted by molar-refractivity contribution is -0.384. The highest BCUT2D eigenvalue weighted by atomic mass is 16.6. The number of carbonyl (C=O) groups excluding carboxylic acids is 1. The molecule has 0 aliphatic heterocycles. The number of fused-ring (bicyclic) bond motifs is 1. The summed E-state index contributed by atoms with van der Waals surface area (Å²) in [4.78, 5) is 33.2. The van der Waals surface area contributed by atoms with Gasteiger partial charge in [-0.2, -0.15) is 5.10 Å². The van der Waals surface area contributed by atoms with Gasteiger partial charge in [0.25, 0.3) is 11.6 Å². The monoisotopic (exact) mass is 480 g/mol. The number of benzene rings is 2. The number of para-hydroxylation sites is 1. The molecule has 10 nitrogen and oxygen atoms in total. The third kappa shape index (κ3) is 4.60. The number of nitro benzene ring substituents is 1. The standard InChI is InChI=1S/C26H20N6O4/c1-16-23(15-31(2)30-16)25-13-22(21-7-3-4-8-24(21)29-25)26(33)28-17-10-18(32(34)35)12-20(11-17)36-19-6-5-9-27-14-19/h3-15H,1-2H3,(H,28,33). The number of amides is 1. The average Bonchev–Trinajstić information content (AvgIpc) is 3.21. The second-order valence-electron chi connectivity index (χ2n) is 8.09. The lowest BCUT2D eigenvalue weighted by Gasteiger charge is -2.12. The minimum absolute atomic E-state index is 0.193. The molecular weight excluding hydrogens is 460 g/mol. The second-order valence-corrected chi connectivity index (χ2v) is 8.09. The molecule has 3 heterocycles. The number of nitrogens with one attached hydrogen (secondary N) is 1. The fourth-order valence-corrected chi connectivity index (χ4v) is 3.91. The van der Waals surface area contributed by atoms with Crippen molar-refractivity contribution in [1.29, 1.82) is 0 Å². The molecular formula is C26H20N6O4. The molecule has 1 N–H and O–H groups in total. The van der Waals surface area contributed by atoms with Crippen LogP contribution in [-0.2, 0) is 7.05 Å². The van der Waals surface area contributed by atoms with Gasteiger partial charge in [0.2, 0.25) is 0 Å². The number of nitro groups is 1. The van der Waals surface area contributed by atoms with Crippen molar-refractivity contribution in [2.24, 2.45) is 7.05 Å². The molecule has 0 aliphatic rings. The zero-order chi connectivity index (χ0) is 25.2. The van der Waals surface area contributed by atoms with Gasteiger partial charge in [0, 0.05) is 42.5 Å². The minimum atomic E-state index is -0.545. The molecule has 0 spiro atoms. The normalized spacial score (nSPS) is 10.8. The molecule has 0 saturated carbocycles. The highest BCUT2D eigenvalue weighted by Crippen LogP contribution is 2.31. The first kappa shape index (κ1) is 22.7. The van der Waals surface area contributed by atoms with Gasteiger partial charge in [0.1, 0.15) is 11.5 Å². The summed E-state index contributed by atoms with van der Waals surface area (Å²) in [5.41, 5.74) is 3.19. The lowest BCUT2D eigenvalue weighted by Crippen LogP contribution is -2.13. The number of hydrogen-bond acceptors (Lipinski definition) is 7. The minimum Gasteiger partial charge on any atom is -0.455 e. The Balaban J connectivity index is 1.54. The molecule has 2 aromatic carbocycles. The zero-order valence-electron chi connectivity index (χ0n) is 19.4. The van der Waals surface area contributed by atoms with Crippen LogP contribution in [0.2, 0.25) is 0 Å². The van der Waals surface area contributed by atoms with E-state index >= 15 is 0 Å². The summed E-state index contributed by atoms with van der Waals surface area (Å²) in [5.74, 6) is 0.162. The molecule has 178 valence electrons. The third-order valence-corrected chi connectivity index (χ3v) is 5.48. The molecule has 0 radical (unpaired) electrons. The van der Waals surface area contributed by atoms with Crippen molar-refractivity contribution in [3.05, 3.63) is 101 Å². The van der Waals surface area contributed by atoms with Crippen LogP contribution in [0.15, 0.2) is 79.3 Å². The summed E-state index contributed by atoms with van der Waals surface area (Å²) in [6.07, 6.45) is 4.92. The van der Waals surface area contributed by atoms with Gasteiger partial charge in [0.15, 0.2) is 0 Å². The van der Waals surface area contributed by atoms with Crippen LogP contribution in [0.5, 0.6) is 11.5 Å². The lowest BCUT2D eigenvalue weighted by atomic mass is 10.0. The summed E-state index contributed by atoms with van der Waals surface area (Å²) in [6.45, 7) is 1.87. The topological polar surface area (TPSA) is 125 Å². The third-order valence-electron chi connectivity index (χ3n) is 5.48. The fraction of sp³-hybridized carbons (Fsp3) is 0.0769. The van der Waals surface area contributed by atoms with Crippen molar-refractivity contribution in [2.75, 3.05) is 5.32 Å². The second kappa shape index (κ2) is 9.26. The van der Waals surface area contributed by atoms with Crippen LogP contribution in [0.25, 0.3) is 22.2 Å². The van der Waals surface area contributed by atoms with Crippen molar-refractivity contribution in [3.8, 4) is 22.8 Å². The molecule has 0 atom stereocenters. The van der Waals surface area contributed by atoms with E-state index in [2.05, 4.69) is 15.4 Å². The first-order valence-corrected chi connectivity index (χ1v) is 11.0. The van der Waals surface area contributed by atoms with E-state index in [0.717, 1.165) is 11.3 Å². The smallest absolute Gasteiger partial charge is 0.275 e. The molecule has 10 heteroatoms. The number of pyridine rings is 2. The number of carbonyl (C=O) groups is 1. The fourth-order valence-electron chi connectivity index (χ4n) is 3.91. The average molecular weight is 480 g/mol. The van der Waals surface area contributed by atoms with E-state index in [1.54, 1.807) is 29.1 Å². The van der Waals surface area contributed by atoms with E-state index in [9.17, 15) is 14.9 Å². The molecule has 1 amide bonds. The van der Waals surface area contributed by atoms with Crippen molar-refractivity contribution in [2.45, 2.75) is 6.92 Å². The first-order valence-electron chi connectivity index (χ1n) is 11.0. The van der Waals surface area contributed by atoms with E-state index in [1.807, 2.05) is 44.4 Å². The van der Waals surface area contributed by atoms with Crippen LogP contribution < -0.4 is 10.1 Å². The Morgan fingerprint density at radius 2 is 1.92 bits per heavy atom. The maximum Gasteiger partial charge on any atom is 0.275 e. The number of rotatable bonds is 6. The molecule has 0 saturated heterocycles. The SMILES string of the molecule is Cc1nn(C)cc1-c1cc(C(=O)Nc2cc(Oc3cccnc3)cc([N+](=O)[O-])c2)c2ccccc2n1. The number of hydrogen-bond donors (Lipinski definition) is 1. The van der Waals surface area contributed by atoms with Gasteiger partial charge in [-0.05, 0) is 31.2 Å². The van der Waals surface area contributed by atoms with Gasteiger partial charge in [-0.15, -0.1) is 0 Å². The number of non-ortho nitro benzene ring substituents is 1. The summed E-state index contributed by atoms with van der Waals surface area (Å²) in [5, 5.41) is 19.3. The molecule has 0 aliphatic carbocycles. The van der Waals surface area contributed by atoms with E-state index < -0.39 is 10.8 Å². The van der Waals surface area contributed by atoms with Crippen LogP contribution in [-0.4, -0.2) is 30.6 Å². The van der Waals surface area contributed by atoms with Gasteiger partial charge in [-0.25, -0.2) is 4.98 Å². The maximum absolute atomic E-state index is 13.5. The number of nitrogens with zero attached hydrogens (tertiary/aromatic N) is 5. The van der Waals surface area contributed by atoms with Gasteiger partial charge >= 0.3 is 0 Å². The number of anilines is 1. The number of aryl methyl sites for hydroxylation is 2. The molecule has 5 rings (SSSR count). The van der Waals surface area contributed by atoms with Gasteiger partial charge < -0.3 is 10.1 Å². The van der Waals surface area contributed by atoms with Crippen molar-refractivity contribution < 1.29 is 14.5 Å². The maximum atomic E-state index is 13.5. The van der Waals surface area contributed by atoms with Crippen LogP contribution in [0.3, 0.4) is 0 Å². The molecule has 36 heavy (non-hydrogen) atoms. The van der Waals surface area contributed by atoms with E-state index in [4.69, 9.17) is 9.72 Å². The van der Waals surface area contributed by atoms with Crippen molar-refractivity contribution in [3.63, 3.8) is 0 Å².